The first kappa shape index (κ1) is 19.5. The third-order valence-electron chi connectivity index (χ3n) is 3.35. The van der Waals surface area contributed by atoms with E-state index in [0.717, 1.165) is 17.7 Å². The van der Waals surface area contributed by atoms with Crippen LogP contribution in [-0.4, -0.2) is 24.2 Å². The smallest absolute Gasteiger partial charge is 0.258 e. The van der Waals surface area contributed by atoms with Gasteiger partial charge in [-0.2, -0.15) is 0 Å². The topological polar surface area (TPSA) is 50.4 Å². The van der Waals surface area contributed by atoms with Gasteiger partial charge in [-0.25, -0.2) is 0 Å². The van der Waals surface area contributed by atoms with Crippen molar-refractivity contribution in [1.82, 2.24) is 10.6 Å². The first-order valence-corrected chi connectivity index (χ1v) is 8.86. The molecule has 0 saturated heterocycles. The standard InChI is InChI=1S/C18H18Cl2N2O2S/c1-12-11-13(19)7-8-16(12)24-10-4-9-21-18(25)22-17(23)14-5-2-3-6-15(14)20/h2-3,5-8,11H,4,9-10H2,1H3,(H2,21,22,23,25). The van der Waals surface area contributed by atoms with Crippen molar-refractivity contribution in [3.8, 4) is 5.75 Å². The summed E-state index contributed by atoms with van der Waals surface area (Å²) < 4.78 is 5.69. The molecule has 4 nitrogen and oxygen atoms in total. The molecule has 0 atom stereocenters. The molecule has 0 aliphatic heterocycles. The van der Waals surface area contributed by atoms with Crippen molar-refractivity contribution in [2.45, 2.75) is 13.3 Å². The van der Waals surface area contributed by atoms with Gasteiger partial charge in [0.2, 0.25) is 0 Å². The molecular weight excluding hydrogens is 379 g/mol. The van der Waals surface area contributed by atoms with Crippen molar-refractivity contribution in [2.24, 2.45) is 0 Å². The third-order valence-corrected chi connectivity index (χ3v) is 4.16. The van der Waals surface area contributed by atoms with Crippen molar-refractivity contribution < 1.29 is 9.53 Å². The number of nitrogens with one attached hydrogen (secondary N) is 2. The number of amides is 1. The molecule has 0 spiro atoms. The van der Waals surface area contributed by atoms with Crippen molar-refractivity contribution in [3.63, 3.8) is 0 Å². The Labute approximate surface area is 162 Å². The highest BCUT2D eigenvalue weighted by atomic mass is 35.5. The van der Waals surface area contributed by atoms with Crippen molar-refractivity contribution in [1.29, 1.82) is 0 Å². The monoisotopic (exact) mass is 396 g/mol. The lowest BCUT2D eigenvalue weighted by molar-refractivity contribution is 0.0977. The van der Waals surface area contributed by atoms with E-state index in [9.17, 15) is 4.79 Å². The van der Waals surface area contributed by atoms with Crippen LogP contribution in [0.5, 0.6) is 5.75 Å². The van der Waals surface area contributed by atoms with Gasteiger partial charge >= 0.3 is 0 Å². The number of hydrogen-bond donors (Lipinski definition) is 2. The molecule has 7 heteroatoms. The van der Waals surface area contributed by atoms with Crippen LogP contribution in [0.15, 0.2) is 42.5 Å². The van der Waals surface area contributed by atoms with Crippen LogP contribution >= 0.6 is 35.4 Å². The van der Waals surface area contributed by atoms with Gasteiger partial charge in [0.1, 0.15) is 5.75 Å². The normalized spacial score (nSPS) is 10.2. The molecule has 132 valence electrons. The molecule has 0 aromatic heterocycles. The quantitative estimate of drug-likeness (QED) is 0.561. The molecule has 2 rings (SSSR count). The third kappa shape index (κ3) is 6.20. The average molecular weight is 397 g/mol. The first-order chi connectivity index (χ1) is 12.0. The molecule has 25 heavy (non-hydrogen) atoms. The zero-order valence-corrected chi connectivity index (χ0v) is 16.0. The number of aryl methyl sites for hydroxylation is 1. The second-order valence-electron chi connectivity index (χ2n) is 5.30. The fraction of sp³-hybridized carbons (Fsp3) is 0.222. The Balaban J connectivity index is 1.68. The lowest BCUT2D eigenvalue weighted by atomic mass is 10.2. The van der Waals surface area contributed by atoms with Gasteiger partial charge in [-0.05, 0) is 61.5 Å². The van der Waals surface area contributed by atoms with Gasteiger partial charge in [-0.15, -0.1) is 0 Å². The fourth-order valence-corrected chi connectivity index (χ4v) is 2.73. The molecule has 0 bridgehead atoms. The second-order valence-corrected chi connectivity index (χ2v) is 6.55. The van der Waals surface area contributed by atoms with Gasteiger partial charge in [0.05, 0.1) is 17.2 Å². The van der Waals surface area contributed by atoms with Crippen LogP contribution in [0.4, 0.5) is 0 Å². The SMILES string of the molecule is Cc1cc(Cl)ccc1OCCCNC(=S)NC(=O)c1ccccc1Cl. The van der Waals surface area contributed by atoms with E-state index in [2.05, 4.69) is 10.6 Å². The molecule has 0 heterocycles. The molecule has 0 unspecified atom stereocenters. The van der Waals surface area contributed by atoms with Crippen LogP contribution in [-0.2, 0) is 0 Å². The highest BCUT2D eigenvalue weighted by molar-refractivity contribution is 7.80. The summed E-state index contributed by atoms with van der Waals surface area (Å²) in [5.74, 6) is 0.468. The summed E-state index contributed by atoms with van der Waals surface area (Å²) in [5.41, 5.74) is 1.37. The molecular formula is C18H18Cl2N2O2S. The van der Waals surface area contributed by atoms with Gasteiger partial charge in [0.25, 0.3) is 5.91 Å². The van der Waals surface area contributed by atoms with E-state index in [-0.39, 0.29) is 11.0 Å². The molecule has 2 aromatic carbocycles. The number of benzene rings is 2. The van der Waals surface area contributed by atoms with Crippen LogP contribution in [0, 0.1) is 6.92 Å². The van der Waals surface area contributed by atoms with E-state index >= 15 is 0 Å². The minimum absolute atomic E-state index is 0.257. The van der Waals surface area contributed by atoms with Gasteiger partial charge in [-0.3, -0.25) is 10.1 Å². The van der Waals surface area contributed by atoms with Gasteiger partial charge in [0, 0.05) is 11.6 Å². The number of rotatable bonds is 6. The highest BCUT2D eigenvalue weighted by Gasteiger charge is 2.10. The largest absolute Gasteiger partial charge is 0.493 e. The maximum Gasteiger partial charge on any atom is 0.258 e. The van der Waals surface area contributed by atoms with E-state index in [4.69, 9.17) is 40.2 Å². The van der Waals surface area contributed by atoms with Crippen LogP contribution in [0.3, 0.4) is 0 Å². The molecule has 1 amide bonds. The lowest BCUT2D eigenvalue weighted by Crippen LogP contribution is -2.40. The molecule has 0 radical (unpaired) electrons. The second kappa shape index (κ2) is 9.61. The number of halogens is 2. The first-order valence-electron chi connectivity index (χ1n) is 7.70. The molecule has 0 saturated carbocycles. The average Bonchev–Trinajstić information content (AvgIpc) is 2.56. The van der Waals surface area contributed by atoms with Gasteiger partial charge < -0.3 is 10.1 Å². The molecule has 0 aliphatic carbocycles. The Hall–Kier alpha value is -1.82. The summed E-state index contributed by atoms with van der Waals surface area (Å²) in [4.78, 5) is 12.1. The maximum absolute atomic E-state index is 12.1. The molecule has 0 aliphatic rings. The van der Waals surface area contributed by atoms with E-state index < -0.39 is 0 Å². The Morgan fingerprint density at radius 1 is 1.20 bits per heavy atom. The maximum atomic E-state index is 12.1. The van der Waals surface area contributed by atoms with E-state index in [1.807, 2.05) is 19.1 Å². The molecule has 2 N–H and O–H groups in total. The molecule has 2 aromatic rings. The number of ether oxygens (including phenoxy) is 1. The number of thiocarbonyl (C=S) groups is 1. The minimum atomic E-state index is -0.337. The van der Waals surface area contributed by atoms with E-state index in [1.54, 1.807) is 30.3 Å². The molecule has 0 fully saturated rings. The number of hydrogen-bond acceptors (Lipinski definition) is 3. The van der Waals surface area contributed by atoms with E-state index in [1.165, 1.54) is 0 Å². The summed E-state index contributed by atoms with van der Waals surface area (Å²) in [6, 6.07) is 12.3. The van der Waals surface area contributed by atoms with Crippen LogP contribution in [0.2, 0.25) is 10.0 Å². The zero-order chi connectivity index (χ0) is 18.2. The van der Waals surface area contributed by atoms with Gasteiger partial charge in [0.15, 0.2) is 5.11 Å². The van der Waals surface area contributed by atoms with Crippen LogP contribution < -0.4 is 15.4 Å². The Morgan fingerprint density at radius 3 is 2.68 bits per heavy atom. The summed E-state index contributed by atoms with van der Waals surface area (Å²) in [6.45, 7) is 3.05. The summed E-state index contributed by atoms with van der Waals surface area (Å²) >= 11 is 17.0. The highest BCUT2D eigenvalue weighted by Crippen LogP contribution is 2.21. The Bertz CT molecular complexity index is 768. The zero-order valence-electron chi connectivity index (χ0n) is 13.6. The summed E-state index contributed by atoms with van der Waals surface area (Å²) in [7, 11) is 0. The predicted molar refractivity (Wildman–Crippen MR) is 106 cm³/mol. The summed E-state index contributed by atoms with van der Waals surface area (Å²) in [5, 5.41) is 6.90. The van der Waals surface area contributed by atoms with Crippen molar-refractivity contribution in [2.75, 3.05) is 13.2 Å². The summed E-state index contributed by atoms with van der Waals surface area (Å²) in [6.07, 6.45) is 0.726. The van der Waals surface area contributed by atoms with Crippen LogP contribution in [0.25, 0.3) is 0 Å². The Kier molecular flexibility index (Phi) is 7.50. The Morgan fingerprint density at radius 2 is 1.96 bits per heavy atom. The van der Waals surface area contributed by atoms with Crippen molar-refractivity contribution >= 4 is 46.4 Å². The number of carbonyl (C=O) groups excluding carboxylic acids is 1. The number of carbonyl (C=O) groups is 1. The van der Waals surface area contributed by atoms with Gasteiger partial charge in [-0.1, -0.05) is 35.3 Å². The minimum Gasteiger partial charge on any atom is -0.493 e. The fourth-order valence-electron chi connectivity index (χ4n) is 2.09. The van der Waals surface area contributed by atoms with E-state index in [0.29, 0.717) is 28.8 Å². The van der Waals surface area contributed by atoms with Crippen LogP contribution in [0.1, 0.15) is 22.3 Å². The van der Waals surface area contributed by atoms with Crippen molar-refractivity contribution in [3.05, 3.63) is 63.6 Å². The predicted octanol–water partition coefficient (Wildman–Crippen LogP) is 4.38. The lowest BCUT2D eigenvalue weighted by Gasteiger charge is -2.12.